The van der Waals surface area contributed by atoms with Gasteiger partial charge in [-0.15, -0.1) is 0 Å². The van der Waals surface area contributed by atoms with Crippen molar-refractivity contribution in [3.8, 4) is 23.0 Å². The number of hydrogen-bond acceptors (Lipinski definition) is 6. The Morgan fingerprint density at radius 3 is 2.30 bits per heavy atom. The summed E-state index contributed by atoms with van der Waals surface area (Å²) in [4.78, 5) is 2.47. The third kappa shape index (κ3) is 7.45. The van der Waals surface area contributed by atoms with Crippen molar-refractivity contribution >= 4 is 26.2 Å². The molecule has 6 rings (SSSR count). The smallest absolute Gasteiger partial charge is 0.150 e. The summed E-state index contributed by atoms with van der Waals surface area (Å²) in [5.41, 5.74) is 3.00. The molecule has 230 valence electrons. The maximum atomic E-state index is 12.3. The topological polar surface area (TPSA) is 65.1 Å². The number of ether oxygens (including phenoxy) is 3. The summed E-state index contributed by atoms with van der Waals surface area (Å²) in [7, 11) is -3.12. The van der Waals surface area contributed by atoms with Crippen LogP contribution >= 0.6 is 0 Å². The second-order valence-corrected chi connectivity index (χ2v) is 14.2. The average Bonchev–Trinajstić information content (AvgIpc) is 3.05. The van der Waals surface area contributed by atoms with Gasteiger partial charge in [0.05, 0.1) is 10.8 Å². The number of benzene rings is 4. The van der Waals surface area contributed by atoms with Gasteiger partial charge in [0, 0.05) is 18.2 Å². The van der Waals surface area contributed by atoms with E-state index in [1.54, 1.807) is 0 Å². The molecule has 1 fully saturated rings. The van der Waals surface area contributed by atoms with Crippen LogP contribution in [0.4, 0.5) is 0 Å². The number of allylic oxidation sites excluding steroid dienone is 2. The number of fused-ring (bicyclic) bond motifs is 1. The van der Waals surface area contributed by atoms with Gasteiger partial charge in [0.15, 0.2) is 9.84 Å². The summed E-state index contributed by atoms with van der Waals surface area (Å²) >= 11 is 0. The van der Waals surface area contributed by atoms with Crippen molar-refractivity contribution in [1.29, 1.82) is 0 Å². The maximum absolute atomic E-state index is 12.3. The molecule has 1 aliphatic carbocycles. The first-order valence-corrected chi connectivity index (χ1v) is 17.6. The van der Waals surface area contributed by atoms with Gasteiger partial charge >= 0.3 is 0 Å². The van der Waals surface area contributed by atoms with Crippen molar-refractivity contribution in [1.82, 2.24) is 4.90 Å². The molecule has 1 heterocycles. The van der Waals surface area contributed by atoms with Crippen molar-refractivity contribution in [2.45, 2.75) is 50.4 Å². The van der Waals surface area contributed by atoms with Crippen LogP contribution < -0.4 is 14.2 Å². The predicted octanol–water partition coefficient (Wildman–Crippen LogP) is 8.06. The predicted molar refractivity (Wildman–Crippen MR) is 177 cm³/mol. The van der Waals surface area contributed by atoms with Gasteiger partial charge in [-0.25, -0.2) is 8.42 Å². The van der Waals surface area contributed by atoms with E-state index in [2.05, 4.69) is 29.2 Å². The molecule has 0 N–H and O–H groups in total. The highest BCUT2D eigenvalue weighted by Gasteiger charge is 2.28. The third-order valence-corrected chi connectivity index (χ3v) is 10.3. The molecule has 4 aromatic carbocycles. The molecule has 1 atom stereocenters. The lowest BCUT2D eigenvalue weighted by Gasteiger charge is -2.26. The number of nitrogens with zero attached hydrogens (tertiary/aromatic N) is 1. The van der Waals surface area contributed by atoms with Gasteiger partial charge in [0.1, 0.15) is 36.2 Å². The minimum atomic E-state index is -3.12. The molecule has 1 aliphatic heterocycles. The Bertz CT molecular complexity index is 1690. The molecule has 44 heavy (non-hydrogen) atoms. The highest BCUT2D eigenvalue weighted by molar-refractivity contribution is 7.91. The van der Waals surface area contributed by atoms with Crippen LogP contribution in [0.5, 0.6) is 23.0 Å². The average molecular weight is 612 g/mol. The van der Waals surface area contributed by atoms with Crippen LogP contribution in [0.1, 0.15) is 49.7 Å². The van der Waals surface area contributed by atoms with E-state index in [9.17, 15) is 8.42 Å². The van der Waals surface area contributed by atoms with Gasteiger partial charge in [-0.2, -0.15) is 0 Å². The first-order chi connectivity index (χ1) is 21.4. The third-order valence-electron chi connectivity index (χ3n) is 8.66. The molecule has 0 bridgehead atoms. The zero-order valence-electron chi connectivity index (χ0n) is 25.4. The molecule has 0 aromatic heterocycles. The van der Waals surface area contributed by atoms with E-state index in [0.717, 1.165) is 58.6 Å². The summed E-state index contributed by atoms with van der Waals surface area (Å²) < 4.78 is 43.9. The molecule has 0 radical (unpaired) electrons. The van der Waals surface area contributed by atoms with Crippen molar-refractivity contribution in [2.24, 2.45) is 0 Å². The lowest BCUT2D eigenvalue weighted by atomic mass is 9.90. The van der Waals surface area contributed by atoms with Gasteiger partial charge in [-0.05, 0) is 92.0 Å². The van der Waals surface area contributed by atoms with Crippen LogP contribution in [0, 0.1) is 0 Å². The Hall–Kier alpha value is -3.81. The van der Waals surface area contributed by atoms with Gasteiger partial charge in [-0.1, -0.05) is 67.1 Å². The minimum Gasteiger partial charge on any atom is -0.492 e. The Morgan fingerprint density at radius 1 is 0.841 bits per heavy atom. The first-order valence-electron chi connectivity index (χ1n) is 15.7. The van der Waals surface area contributed by atoms with Crippen molar-refractivity contribution in [3.05, 3.63) is 102 Å². The lowest BCUT2D eigenvalue weighted by molar-refractivity contribution is 0.183. The van der Waals surface area contributed by atoms with Crippen LogP contribution in [0.15, 0.2) is 91.0 Å². The summed E-state index contributed by atoms with van der Waals surface area (Å²) in [5, 5.41) is 1.62. The molecule has 4 aromatic rings. The van der Waals surface area contributed by atoms with Crippen molar-refractivity contribution in [3.63, 3.8) is 0 Å². The molecule has 1 saturated heterocycles. The number of piperidine rings is 1. The van der Waals surface area contributed by atoms with Crippen molar-refractivity contribution in [2.75, 3.05) is 32.5 Å². The van der Waals surface area contributed by atoms with Gasteiger partial charge in [0.25, 0.3) is 0 Å². The molecule has 2 aliphatic rings. The molecular weight excluding hydrogens is 570 g/mol. The monoisotopic (exact) mass is 611 g/mol. The van der Waals surface area contributed by atoms with E-state index in [1.807, 2.05) is 66.7 Å². The summed E-state index contributed by atoms with van der Waals surface area (Å²) in [6.45, 7) is 4.34. The number of sulfone groups is 1. The summed E-state index contributed by atoms with van der Waals surface area (Å²) in [5.74, 6) is 2.96. The molecule has 7 heteroatoms. The van der Waals surface area contributed by atoms with Crippen molar-refractivity contribution < 1.29 is 22.6 Å². The quantitative estimate of drug-likeness (QED) is 0.171. The lowest BCUT2D eigenvalue weighted by Crippen LogP contribution is -2.33. The van der Waals surface area contributed by atoms with Crippen LogP contribution in [0.25, 0.3) is 16.3 Å². The molecular formula is C37H41NO5S. The Morgan fingerprint density at radius 2 is 1.57 bits per heavy atom. The van der Waals surface area contributed by atoms with E-state index in [4.69, 9.17) is 14.2 Å². The second kappa shape index (κ2) is 13.9. The fraction of sp³-hybridized carbons (Fsp3) is 0.351. The van der Waals surface area contributed by atoms with Crippen LogP contribution in [0.3, 0.4) is 0 Å². The normalized spacial score (nSPS) is 17.7. The van der Waals surface area contributed by atoms with Gasteiger partial charge in [0.2, 0.25) is 0 Å². The molecule has 6 nitrogen and oxygen atoms in total. The number of likely N-dealkylation sites (tertiary alicyclic amines) is 1. The fourth-order valence-electron chi connectivity index (χ4n) is 6.17. The SMILES string of the molecule is CS(=O)(=O)C1CC=C(c2c(OCc3ccccc3)cc3ccccc3c2Oc2ccc(OCCN3CCCCC3)cc2)CC1. The molecule has 1 unspecified atom stereocenters. The number of rotatable bonds is 11. The molecule has 0 saturated carbocycles. The first kappa shape index (κ1) is 30.2. The number of hydrogen-bond donors (Lipinski definition) is 0. The minimum absolute atomic E-state index is 0.368. The Kier molecular flexibility index (Phi) is 9.53. The van der Waals surface area contributed by atoms with E-state index < -0.39 is 9.84 Å². The second-order valence-electron chi connectivity index (χ2n) is 11.9. The highest BCUT2D eigenvalue weighted by Crippen LogP contribution is 2.46. The molecule has 0 amide bonds. The summed E-state index contributed by atoms with van der Waals surface area (Å²) in [6, 6.07) is 28.1. The molecule has 0 spiro atoms. The zero-order valence-corrected chi connectivity index (χ0v) is 26.2. The fourth-order valence-corrected chi connectivity index (χ4v) is 7.16. The maximum Gasteiger partial charge on any atom is 0.150 e. The van der Waals surface area contributed by atoms with Crippen LogP contribution in [-0.4, -0.2) is 51.1 Å². The Balaban J connectivity index is 1.30. The highest BCUT2D eigenvalue weighted by atomic mass is 32.2. The van der Waals surface area contributed by atoms with Gasteiger partial charge < -0.3 is 14.2 Å². The van der Waals surface area contributed by atoms with Gasteiger partial charge in [-0.3, -0.25) is 4.90 Å². The Labute approximate surface area is 261 Å². The largest absolute Gasteiger partial charge is 0.492 e. The van der Waals surface area contributed by atoms with E-state index in [-0.39, 0.29) is 5.25 Å². The van der Waals surface area contributed by atoms with Crippen LogP contribution in [0.2, 0.25) is 0 Å². The van der Waals surface area contributed by atoms with Crippen LogP contribution in [-0.2, 0) is 16.4 Å². The van der Waals surface area contributed by atoms with E-state index >= 15 is 0 Å². The van der Waals surface area contributed by atoms with E-state index in [1.165, 1.54) is 25.5 Å². The standard InChI is InChI=1S/C37H41NO5S/c1-44(39,40)33-20-14-29(15-21-33)36-35(42-27-28-10-4-2-5-11-28)26-30-12-6-7-13-34(30)37(36)43-32-18-16-31(17-19-32)41-25-24-38-22-8-3-9-23-38/h2,4-7,10-14,16-19,26,33H,3,8-9,15,20-25,27H2,1H3. The summed E-state index contributed by atoms with van der Waals surface area (Å²) in [6.07, 6.45) is 8.93. The zero-order chi connectivity index (χ0) is 30.4. The van der Waals surface area contributed by atoms with E-state index in [0.29, 0.717) is 44.0 Å².